The second-order valence-electron chi connectivity index (χ2n) is 8.01. The Bertz CT molecular complexity index is 1000. The fraction of sp³-hybridized carbons (Fsp3) is 0.500. The summed E-state index contributed by atoms with van der Waals surface area (Å²) >= 11 is 0. The van der Waals surface area contributed by atoms with Gasteiger partial charge in [-0.2, -0.15) is 5.10 Å². The van der Waals surface area contributed by atoms with Crippen LogP contribution in [0.3, 0.4) is 0 Å². The lowest BCUT2D eigenvalue weighted by atomic mass is 9.82. The largest absolute Gasteiger partial charge is 0.420 e. The van der Waals surface area contributed by atoms with Crippen LogP contribution in [0.2, 0.25) is 0 Å². The van der Waals surface area contributed by atoms with Crippen LogP contribution in [0.1, 0.15) is 66.2 Å². The van der Waals surface area contributed by atoms with E-state index in [9.17, 15) is 4.79 Å². The van der Waals surface area contributed by atoms with Gasteiger partial charge in [-0.3, -0.25) is 14.5 Å². The number of aromatic nitrogens is 5. The number of pyridine rings is 1. The van der Waals surface area contributed by atoms with Gasteiger partial charge in [-0.1, -0.05) is 6.92 Å². The molecule has 158 valence electrons. The van der Waals surface area contributed by atoms with Gasteiger partial charge in [0.1, 0.15) is 5.69 Å². The van der Waals surface area contributed by atoms with Crippen molar-refractivity contribution in [2.45, 2.75) is 51.9 Å². The monoisotopic (exact) mass is 408 g/mol. The maximum absolute atomic E-state index is 12.7. The third-order valence-electron chi connectivity index (χ3n) is 6.05. The smallest absolute Gasteiger partial charge is 0.269 e. The van der Waals surface area contributed by atoms with Crippen LogP contribution < -0.4 is 5.32 Å². The van der Waals surface area contributed by atoms with E-state index in [1.807, 2.05) is 26.1 Å². The van der Waals surface area contributed by atoms with Crippen LogP contribution in [-0.2, 0) is 13.5 Å². The molecule has 0 unspecified atom stereocenters. The number of carbonyl (C=O) groups excluding carboxylic acids is 1. The highest BCUT2D eigenvalue weighted by atomic mass is 16.4. The maximum Gasteiger partial charge on any atom is 0.269 e. The Kier molecular flexibility index (Phi) is 5.92. The number of amides is 1. The van der Waals surface area contributed by atoms with E-state index < -0.39 is 0 Å². The van der Waals surface area contributed by atoms with E-state index in [1.165, 1.54) is 0 Å². The summed E-state index contributed by atoms with van der Waals surface area (Å²) in [6, 6.07) is 3.73. The fourth-order valence-electron chi connectivity index (χ4n) is 4.28. The molecular weight excluding hydrogens is 380 g/mol. The van der Waals surface area contributed by atoms with Crippen LogP contribution in [0, 0.1) is 12.8 Å². The van der Waals surface area contributed by atoms with Crippen molar-refractivity contribution in [1.82, 2.24) is 30.3 Å². The van der Waals surface area contributed by atoms with Gasteiger partial charge in [0.05, 0.1) is 5.69 Å². The summed E-state index contributed by atoms with van der Waals surface area (Å²) in [5, 5.41) is 16.0. The normalized spacial score (nSPS) is 19.0. The molecule has 0 spiro atoms. The summed E-state index contributed by atoms with van der Waals surface area (Å²) in [4.78, 5) is 16.7. The van der Waals surface area contributed by atoms with Gasteiger partial charge in [0, 0.05) is 43.0 Å². The van der Waals surface area contributed by atoms with Crippen molar-refractivity contribution in [2.24, 2.45) is 13.0 Å². The Balaban J connectivity index is 1.30. The summed E-state index contributed by atoms with van der Waals surface area (Å²) < 4.78 is 7.60. The highest BCUT2D eigenvalue weighted by Crippen LogP contribution is 2.35. The van der Waals surface area contributed by atoms with Crippen molar-refractivity contribution >= 4 is 5.91 Å². The molecule has 0 aliphatic heterocycles. The summed E-state index contributed by atoms with van der Waals surface area (Å²) in [7, 11) is 1.83. The van der Waals surface area contributed by atoms with Gasteiger partial charge in [0.25, 0.3) is 5.91 Å². The predicted octanol–water partition coefficient (Wildman–Crippen LogP) is 3.44. The van der Waals surface area contributed by atoms with E-state index in [2.05, 4.69) is 32.5 Å². The SMILES string of the molecule is CCc1nn(C)c(C(=O)NCC2CCC(c3nnc(-c4ccncc4)o3)CC2)c1C. The zero-order valence-electron chi connectivity index (χ0n) is 17.8. The molecule has 8 nitrogen and oxygen atoms in total. The molecule has 1 amide bonds. The molecule has 0 radical (unpaired) electrons. The van der Waals surface area contributed by atoms with E-state index in [1.54, 1.807) is 17.1 Å². The standard InChI is InChI=1S/C22H28N6O2/c1-4-18-14(2)19(28(3)27-18)20(29)24-13-15-5-7-16(8-6-15)21-25-26-22(30-21)17-9-11-23-12-10-17/h9-12,15-16H,4-8,13H2,1-3H3,(H,24,29). The number of rotatable bonds is 6. The van der Waals surface area contributed by atoms with Crippen LogP contribution >= 0.6 is 0 Å². The molecule has 0 aromatic carbocycles. The molecule has 1 N–H and O–H groups in total. The third-order valence-corrected chi connectivity index (χ3v) is 6.05. The van der Waals surface area contributed by atoms with Gasteiger partial charge >= 0.3 is 0 Å². The summed E-state index contributed by atoms with van der Waals surface area (Å²) in [6.07, 6.45) is 8.30. The second-order valence-corrected chi connectivity index (χ2v) is 8.01. The van der Waals surface area contributed by atoms with Crippen molar-refractivity contribution < 1.29 is 9.21 Å². The molecule has 1 saturated carbocycles. The fourth-order valence-corrected chi connectivity index (χ4v) is 4.28. The van der Waals surface area contributed by atoms with Gasteiger partial charge in [-0.05, 0) is 57.1 Å². The lowest BCUT2D eigenvalue weighted by molar-refractivity contribution is 0.0932. The topological polar surface area (TPSA) is 98.7 Å². The van der Waals surface area contributed by atoms with Gasteiger partial charge in [0.15, 0.2) is 0 Å². The Morgan fingerprint density at radius 3 is 2.60 bits per heavy atom. The van der Waals surface area contributed by atoms with Crippen molar-refractivity contribution in [3.8, 4) is 11.5 Å². The van der Waals surface area contributed by atoms with E-state index in [0.717, 1.165) is 48.9 Å². The lowest BCUT2D eigenvalue weighted by Crippen LogP contribution is -2.32. The van der Waals surface area contributed by atoms with Crippen LogP contribution in [0.5, 0.6) is 0 Å². The minimum absolute atomic E-state index is 0.0387. The third kappa shape index (κ3) is 4.13. The molecule has 1 aliphatic rings. The Labute approximate surface area is 176 Å². The van der Waals surface area contributed by atoms with E-state index >= 15 is 0 Å². The highest BCUT2D eigenvalue weighted by Gasteiger charge is 2.27. The van der Waals surface area contributed by atoms with Crippen LogP contribution in [-0.4, -0.2) is 37.4 Å². The lowest BCUT2D eigenvalue weighted by Gasteiger charge is -2.26. The molecule has 1 fully saturated rings. The number of aryl methyl sites for hydroxylation is 2. The van der Waals surface area contributed by atoms with Crippen molar-refractivity contribution in [3.05, 3.63) is 47.4 Å². The predicted molar refractivity (Wildman–Crippen MR) is 112 cm³/mol. The molecule has 0 atom stereocenters. The first kappa shape index (κ1) is 20.3. The molecule has 1 aliphatic carbocycles. The molecule has 0 bridgehead atoms. The maximum atomic E-state index is 12.7. The van der Waals surface area contributed by atoms with Crippen LogP contribution in [0.25, 0.3) is 11.5 Å². The second kappa shape index (κ2) is 8.77. The number of nitrogens with zero attached hydrogens (tertiary/aromatic N) is 5. The first-order valence-corrected chi connectivity index (χ1v) is 10.6. The number of hydrogen-bond acceptors (Lipinski definition) is 6. The van der Waals surface area contributed by atoms with E-state index in [0.29, 0.717) is 29.9 Å². The molecule has 3 aromatic rings. The highest BCUT2D eigenvalue weighted by molar-refractivity contribution is 5.94. The minimum Gasteiger partial charge on any atom is -0.420 e. The van der Waals surface area contributed by atoms with Gasteiger partial charge in [-0.15, -0.1) is 10.2 Å². The van der Waals surface area contributed by atoms with Gasteiger partial charge in [-0.25, -0.2) is 0 Å². The zero-order valence-corrected chi connectivity index (χ0v) is 17.8. The Morgan fingerprint density at radius 2 is 1.93 bits per heavy atom. The molecule has 3 heterocycles. The molecule has 3 aromatic heterocycles. The number of carbonyl (C=O) groups is 1. The van der Waals surface area contributed by atoms with E-state index in [-0.39, 0.29) is 11.8 Å². The Hall–Kier alpha value is -3.03. The van der Waals surface area contributed by atoms with Crippen molar-refractivity contribution in [3.63, 3.8) is 0 Å². The van der Waals surface area contributed by atoms with Crippen molar-refractivity contribution in [2.75, 3.05) is 6.54 Å². The summed E-state index contributed by atoms with van der Waals surface area (Å²) in [5.74, 6) is 1.96. The van der Waals surface area contributed by atoms with Crippen molar-refractivity contribution in [1.29, 1.82) is 0 Å². The molecule has 0 saturated heterocycles. The first-order valence-electron chi connectivity index (χ1n) is 10.6. The first-order chi connectivity index (χ1) is 14.6. The number of nitrogens with one attached hydrogen (secondary N) is 1. The molecule has 30 heavy (non-hydrogen) atoms. The van der Waals surface area contributed by atoms with Gasteiger partial charge in [0.2, 0.25) is 11.8 Å². The number of hydrogen-bond donors (Lipinski definition) is 1. The van der Waals surface area contributed by atoms with Crippen LogP contribution in [0.15, 0.2) is 28.9 Å². The average Bonchev–Trinajstić information content (AvgIpc) is 3.37. The Morgan fingerprint density at radius 1 is 1.20 bits per heavy atom. The molecule has 8 heteroatoms. The van der Waals surface area contributed by atoms with Gasteiger partial charge < -0.3 is 9.73 Å². The quantitative estimate of drug-likeness (QED) is 0.671. The molecular formula is C22H28N6O2. The summed E-state index contributed by atoms with van der Waals surface area (Å²) in [6.45, 7) is 4.71. The van der Waals surface area contributed by atoms with Crippen LogP contribution in [0.4, 0.5) is 0 Å². The minimum atomic E-state index is -0.0387. The zero-order chi connectivity index (χ0) is 21.1. The average molecular weight is 409 g/mol. The summed E-state index contributed by atoms with van der Waals surface area (Å²) in [5.41, 5.74) is 3.50. The molecule has 4 rings (SSSR count). The van der Waals surface area contributed by atoms with E-state index in [4.69, 9.17) is 4.42 Å².